The number of hydrogen-bond donors (Lipinski definition) is 2. The molecule has 0 fully saturated rings. The van der Waals surface area contributed by atoms with Crippen LogP contribution in [-0.2, 0) is 4.79 Å². The third kappa shape index (κ3) is 5.10. The number of benzene rings is 2. The van der Waals surface area contributed by atoms with Crippen LogP contribution < -0.4 is 25.3 Å². The molecular formula is C19H21FN2O5. The van der Waals surface area contributed by atoms with Crippen LogP contribution in [0.25, 0.3) is 0 Å². The minimum atomic E-state index is -0.626. The first kappa shape index (κ1) is 20.0. The summed E-state index contributed by atoms with van der Waals surface area (Å²) in [5, 5.41) is 2.78. The standard InChI is InChI=1S/C19H21FN2O5/c1-11(12-4-6-15(25-2)14(20)8-12)22-19(24)13-5-7-16(17(9-13)26-3)27-10-18(21)23/h4-9,11H,10H2,1-3H3,(H2,21,23)(H,22,24). The Bertz CT molecular complexity index is 841. The number of rotatable bonds is 8. The van der Waals surface area contributed by atoms with Crippen molar-refractivity contribution in [1.29, 1.82) is 0 Å². The Morgan fingerprint density at radius 3 is 2.33 bits per heavy atom. The molecule has 2 amide bonds. The maximum Gasteiger partial charge on any atom is 0.255 e. The van der Waals surface area contributed by atoms with E-state index >= 15 is 0 Å². The van der Waals surface area contributed by atoms with Gasteiger partial charge in [-0.3, -0.25) is 9.59 Å². The van der Waals surface area contributed by atoms with Crippen LogP contribution in [0.5, 0.6) is 17.2 Å². The number of hydrogen-bond acceptors (Lipinski definition) is 5. The molecule has 3 N–H and O–H groups in total. The summed E-state index contributed by atoms with van der Waals surface area (Å²) in [6, 6.07) is 8.56. The third-order valence-electron chi connectivity index (χ3n) is 3.82. The molecule has 144 valence electrons. The molecule has 0 aliphatic carbocycles. The minimum Gasteiger partial charge on any atom is -0.494 e. The quantitative estimate of drug-likeness (QED) is 0.736. The van der Waals surface area contributed by atoms with E-state index in [9.17, 15) is 14.0 Å². The Kier molecular flexibility index (Phi) is 6.59. The molecule has 2 aromatic carbocycles. The molecule has 0 aromatic heterocycles. The van der Waals surface area contributed by atoms with E-state index in [1.54, 1.807) is 13.0 Å². The first-order valence-corrected chi connectivity index (χ1v) is 8.09. The maximum absolute atomic E-state index is 13.8. The summed E-state index contributed by atoms with van der Waals surface area (Å²) >= 11 is 0. The lowest BCUT2D eigenvalue weighted by molar-refractivity contribution is -0.119. The van der Waals surface area contributed by atoms with E-state index in [0.717, 1.165) is 0 Å². The SMILES string of the molecule is COc1ccc(C(C)NC(=O)c2ccc(OCC(N)=O)c(OC)c2)cc1F. The lowest BCUT2D eigenvalue weighted by atomic mass is 10.1. The van der Waals surface area contributed by atoms with Gasteiger partial charge in [0.1, 0.15) is 0 Å². The predicted octanol–water partition coefficient (Wildman–Crippen LogP) is 2.20. The number of nitrogens with two attached hydrogens (primary N) is 1. The van der Waals surface area contributed by atoms with Crippen molar-refractivity contribution in [2.45, 2.75) is 13.0 Å². The normalized spacial score (nSPS) is 11.4. The van der Waals surface area contributed by atoms with Gasteiger partial charge in [-0.25, -0.2) is 4.39 Å². The Morgan fingerprint density at radius 1 is 1.07 bits per heavy atom. The summed E-state index contributed by atoms with van der Waals surface area (Å²) < 4.78 is 29.1. The van der Waals surface area contributed by atoms with Crippen LogP contribution in [-0.4, -0.2) is 32.6 Å². The minimum absolute atomic E-state index is 0.133. The van der Waals surface area contributed by atoms with E-state index in [1.807, 2.05) is 0 Å². The molecule has 7 nitrogen and oxygen atoms in total. The fourth-order valence-corrected chi connectivity index (χ4v) is 2.39. The molecule has 8 heteroatoms. The molecule has 27 heavy (non-hydrogen) atoms. The van der Waals surface area contributed by atoms with Crippen LogP contribution in [0.15, 0.2) is 36.4 Å². The number of carbonyl (C=O) groups is 2. The van der Waals surface area contributed by atoms with Crippen molar-refractivity contribution >= 4 is 11.8 Å². The van der Waals surface area contributed by atoms with Crippen molar-refractivity contribution in [3.8, 4) is 17.2 Å². The summed E-state index contributed by atoms with van der Waals surface area (Å²) in [7, 11) is 2.80. The van der Waals surface area contributed by atoms with Crippen molar-refractivity contribution < 1.29 is 28.2 Å². The molecule has 0 aliphatic rings. The molecule has 0 radical (unpaired) electrons. The number of halogens is 1. The molecule has 0 saturated heterocycles. The molecule has 0 aliphatic heterocycles. The molecule has 2 aromatic rings. The second-order valence-corrected chi connectivity index (χ2v) is 5.71. The van der Waals surface area contributed by atoms with Crippen LogP contribution in [0.2, 0.25) is 0 Å². The van der Waals surface area contributed by atoms with Gasteiger partial charge in [0.05, 0.1) is 20.3 Å². The highest BCUT2D eigenvalue weighted by molar-refractivity contribution is 5.95. The molecule has 1 unspecified atom stereocenters. The zero-order valence-corrected chi connectivity index (χ0v) is 15.2. The fourth-order valence-electron chi connectivity index (χ4n) is 2.39. The van der Waals surface area contributed by atoms with Crippen molar-refractivity contribution in [2.24, 2.45) is 5.73 Å². The van der Waals surface area contributed by atoms with Gasteiger partial charge in [-0.15, -0.1) is 0 Å². The smallest absolute Gasteiger partial charge is 0.255 e. The van der Waals surface area contributed by atoms with Crippen LogP contribution in [0.4, 0.5) is 4.39 Å². The first-order chi connectivity index (χ1) is 12.8. The van der Waals surface area contributed by atoms with Crippen molar-refractivity contribution in [3.63, 3.8) is 0 Å². The van der Waals surface area contributed by atoms with E-state index in [0.29, 0.717) is 11.1 Å². The zero-order valence-electron chi connectivity index (χ0n) is 15.2. The monoisotopic (exact) mass is 376 g/mol. The maximum atomic E-state index is 13.8. The highest BCUT2D eigenvalue weighted by atomic mass is 19.1. The van der Waals surface area contributed by atoms with Crippen molar-refractivity contribution in [3.05, 3.63) is 53.3 Å². The third-order valence-corrected chi connectivity index (χ3v) is 3.82. The molecule has 0 heterocycles. The fraction of sp³-hybridized carbons (Fsp3) is 0.263. The van der Waals surface area contributed by atoms with Crippen LogP contribution in [0.1, 0.15) is 28.9 Å². The Morgan fingerprint density at radius 2 is 1.74 bits per heavy atom. The summed E-state index contributed by atoms with van der Waals surface area (Å²) in [4.78, 5) is 23.3. The Labute approximate surface area is 156 Å². The average molecular weight is 376 g/mol. The van der Waals surface area contributed by atoms with Gasteiger partial charge in [0.25, 0.3) is 11.8 Å². The summed E-state index contributed by atoms with van der Waals surface area (Å²) in [5.41, 5.74) is 5.96. The number of ether oxygens (including phenoxy) is 3. The molecule has 0 spiro atoms. The largest absolute Gasteiger partial charge is 0.494 e. The highest BCUT2D eigenvalue weighted by Gasteiger charge is 2.16. The van der Waals surface area contributed by atoms with Gasteiger partial charge < -0.3 is 25.3 Å². The Hall–Kier alpha value is -3.29. The summed E-state index contributed by atoms with van der Waals surface area (Å²) in [6.07, 6.45) is 0. The summed E-state index contributed by atoms with van der Waals surface area (Å²) in [5.74, 6) is -0.801. The van der Waals surface area contributed by atoms with Gasteiger partial charge >= 0.3 is 0 Å². The molecule has 2 rings (SSSR count). The van der Waals surface area contributed by atoms with Crippen LogP contribution >= 0.6 is 0 Å². The average Bonchev–Trinajstić information content (AvgIpc) is 2.65. The number of primary amides is 1. The zero-order chi connectivity index (χ0) is 20.0. The number of carbonyl (C=O) groups excluding carboxylic acids is 2. The van der Waals surface area contributed by atoms with E-state index in [4.69, 9.17) is 19.9 Å². The lowest BCUT2D eigenvalue weighted by Crippen LogP contribution is -2.26. The van der Waals surface area contributed by atoms with E-state index in [-0.39, 0.29) is 29.8 Å². The lowest BCUT2D eigenvalue weighted by Gasteiger charge is -2.16. The van der Waals surface area contributed by atoms with E-state index in [1.165, 1.54) is 44.6 Å². The van der Waals surface area contributed by atoms with Crippen LogP contribution in [0, 0.1) is 5.82 Å². The molecule has 0 bridgehead atoms. The number of methoxy groups -OCH3 is 2. The first-order valence-electron chi connectivity index (χ1n) is 8.09. The summed E-state index contributed by atoms with van der Waals surface area (Å²) in [6.45, 7) is 1.43. The van der Waals surface area contributed by atoms with Gasteiger partial charge in [0, 0.05) is 5.56 Å². The van der Waals surface area contributed by atoms with Crippen molar-refractivity contribution in [2.75, 3.05) is 20.8 Å². The Balaban J connectivity index is 2.12. The highest BCUT2D eigenvalue weighted by Crippen LogP contribution is 2.28. The molecular weight excluding hydrogens is 355 g/mol. The van der Waals surface area contributed by atoms with Gasteiger partial charge in [0.2, 0.25) is 0 Å². The van der Waals surface area contributed by atoms with E-state index < -0.39 is 17.8 Å². The van der Waals surface area contributed by atoms with Gasteiger partial charge in [-0.1, -0.05) is 6.07 Å². The molecule has 0 saturated carbocycles. The second-order valence-electron chi connectivity index (χ2n) is 5.71. The van der Waals surface area contributed by atoms with Crippen LogP contribution in [0.3, 0.4) is 0 Å². The van der Waals surface area contributed by atoms with Gasteiger partial charge in [0.15, 0.2) is 29.7 Å². The number of amides is 2. The molecule has 1 atom stereocenters. The predicted molar refractivity (Wildman–Crippen MR) is 96.5 cm³/mol. The second kappa shape index (κ2) is 8.88. The van der Waals surface area contributed by atoms with Gasteiger partial charge in [-0.05, 0) is 42.8 Å². The van der Waals surface area contributed by atoms with Gasteiger partial charge in [-0.2, -0.15) is 0 Å². The topological polar surface area (TPSA) is 99.9 Å². The van der Waals surface area contributed by atoms with Crippen molar-refractivity contribution in [1.82, 2.24) is 5.32 Å². The number of nitrogens with one attached hydrogen (secondary N) is 1. The van der Waals surface area contributed by atoms with E-state index in [2.05, 4.69) is 5.32 Å².